The van der Waals surface area contributed by atoms with Crippen molar-refractivity contribution in [3.63, 3.8) is 0 Å². The Morgan fingerprint density at radius 3 is 2.68 bits per heavy atom. The van der Waals surface area contributed by atoms with E-state index in [0.717, 1.165) is 37.5 Å². The van der Waals surface area contributed by atoms with Gasteiger partial charge in [-0.2, -0.15) is 0 Å². The summed E-state index contributed by atoms with van der Waals surface area (Å²) in [6.45, 7) is 4.91. The molecule has 1 aromatic rings. The van der Waals surface area contributed by atoms with Crippen molar-refractivity contribution < 1.29 is 9.53 Å². The number of nitrogens with zero attached hydrogens (tertiary/aromatic N) is 3. The highest BCUT2D eigenvalue weighted by Gasteiger charge is 2.36. The number of aryl methyl sites for hydroxylation is 1. The Balaban J connectivity index is 2.34. The number of ether oxygens (including phenoxy) is 1. The van der Waals surface area contributed by atoms with Gasteiger partial charge in [0.2, 0.25) is 0 Å². The minimum absolute atomic E-state index is 0.170. The minimum atomic E-state index is -0.250. The van der Waals surface area contributed by atoms with E-state index in [1.807, 2.05) is 6.92 Å². The van der Waals surface area contributed by atoms with Crippen LogP contribution in [0.15, 0.2) is 0 Å². The molecule has 0 saturated heterocycles. The number of methoxy groups -OCH3 is 1. The van der Waals surface area contributed by atoms with E-state index in [-0.39, 0.29) is 11.9 Å². The van der Waals surface area contributed by atoms with E-state index in [1.54, 1.807) is 0 Å². The zero-order valence-electron chi connectivity index (χ0n) is 12.1. The fraction of sp³-hybridized carbons (Fsp3) is 0.786. The van der Waals surface area contributed by atoms with Crippen LogP contribution in [0.1, 0.15) is 56.6 Å². The monoisotopic (exact) mass is 265 g/mol. The highest BCUT2D eigenvalue weighted by Crippen LogP contribution is 2.37. The van der Waals surface area contributed by atoms with Crippen LogP contribution in [0.5, 0.6) is 0 Å². The van der Waals surface area contributed by atoms with Gasteiger partial charge in [0.1, 0.15) is 17.6 Å². The molecule has 1 aromatic heterocycles. The molecule has 0 aliphatic heterocycles. The Kier molecular flexibility index (Phi) is 4.56. The van der Waals surface area contributed by atoms with Crippen LogP contribution in [-0.2, 0) is 16.1 Å². The zero-order chi connectivity index (χ0) is 13.8. The maximum Gasteiger partial charge on any atom is 0.316 e. The lowest BCUT2D eigenvalue weighted by Crippen LogP contribution is -2.25. The summed E-state index contributed by atoms with van der Waals surface area (Å²) in [5, 5.41) is 8.41. The smallest absolute Gasteiger partial charge is 0.316 e. The molecular formula is C14H23N3O2. The maximum atomic E-state index is 12.2. The largest absolute Gasteiger partial charge is 0.468 e. The molecule has 1 unspecified atom stereocenters. The fourth-order valence-electron chi connectivity index (χ4n) is 3.05. The summed E-state index contributed by atoms with van der Waals surface area (Å²) in [5.41, 5.74) is 0. The number of carbonyl (C=O) groups is 1. The lowest BCUT2D eigenvalue weighted by Gasteiger charge is -2.21. The van der Waals surface area contributed by atoms with Crippen LogP contribution in [-0.4, -0.2) is 27.8 Å². The summed E-state index contributed by atoms with van der Waals surface area (Å²) < 4.78 is 7.07. The van der Waals surface area contributed by atoms with Gasteiger partial charge in [0.25, 0.3) is 0 Å². The summed E-state index contributed by atoms with van der Waals surface area (Å²) in [6.07, 6.45) is 5.55. The third kappa shape index (κ3) is 2.80. The molecule has 106 valence electrons. The second-order valence-corrected chi connectivity index (χ2v) is 5.30. The molecule has 5 heteroatoms. The topological polar surface area (TPSA) is 57.0 Å². The highest BCUT2D eigenvalue weighted by atomic mass is 16.5. The number of rotatable bonds is 5. The first-order chi connectivity index (χ1) is 9.19. The van der Waals surface area contributed by atoms with Crippen LogP contribution in [0.25, 0.3) is 0 Å². The Labute approximate surface area is 114 Å². The fourth-order valence-corrected chi connectivity index (χ4v) is 3.05. The van der Waals surface area contributed by atoms with Crippen LogP contribution in [0, 0.1) is 12.8 Å². The molecule has 0 spiro atoms. The standard InChI is InChI=1S/C14H23N3O2/c1-4-9-17-10(2)15-16-13(17)12(14(18)19-3)11-7-5-6-8-11/h11-12H,4-9H2,1-3H3. The molecule has 2 rings (SSSR count). The van der Waals surface area contributed by atoms with Crippen molar-refractivity contribution in [2.45, 2.75) is 58.4 Å². The average molecular weight is 265 g/mol. The molecule has 1 aliphatic rings. The van der Waals surface area contributed by atoms with E-state index >= 15 is 0 Å². The molecular weight excluding hydrogens is 242 g/mol. The quantitative estimate of drug-likeness (QED) is 0.767. The van der Waals surface area contributed by atoms with Crippen LogP contribution in [0.3, 0.4) is 0 Å². The van der Waals surface area contributed by atoms with Gasteiger partial charge in [0, 0.05) is 6.54 Å². The van der Waals surface area contributed by atoms with Crippen molar-refractivity contribution in [1.29, 1.82) is 0 Å². The summed E-state index contributed by atoms with van der Waals surface area (Å²) in [6, 6.07) is 0. The van der Waals surface area contributed by atoms with Gasteiger partial charge >= 0.3 is 5.97 Å². The molecule has 0 amide bonds. The Bertz CT molecular complexity index is 436. The molecule has 0 bridgehead atoms. The van der Waals surface area contributed by atoms with E-state index in [0.29, 0.717) is 5.92 Å². The van der Waals surface area contributed by atoms with Crippen molar-refractivity contribution in [2.75, 3.05) is 7.11 Å². The van der Waals surface area contributed by atoms with Gasteiger partial charge in [-0.3, -0.25) is 4.79 Å². The van der Waals surface area contributed by atoms with Gasteiger partial charge in [0.05, 0.1) is 7.11 Å². The van der Waals surface area contributed by atoms with E-state index < -0.39 is 0 Å². The van der Waals surface area contributed by atoms with Crippen LogP contribution in [0.2, 0.25) is 0 Å². The third-order valence-corrected chi connectivity index (χ3v) is 4.02. The lowest BCUT2D eigenvalue weighted by molar-refractivity contribution is -0.144. The molecule has 1 atom stereocenters. The first kappa shape index (κ1) is 14.0. The number of esters is 1. The number of carbonyl (C=O) groups excluding carboxylic acids is 1. The van der Waals surface area contributed by atoms with Crippen molar-refractivity contribution >= 4 is 5.97 Å². The Hall–Kier alpha value is -1.39. The van der Waals surface area contributed by atoms with Crippen LogP contribution in [0.4, 0.5) is 0 Å². The number of hydrogen-bond donors (Lipinski definition) is 0. The van der Waals surface area contributed by atoms with E-state index in [1.165, 1.54) is 20.0 Å². The first-order valence-corrected chi connectivity index (χ1v) is 7.16. The van der Waals surface area contributed by atoms with Crippen molar-refractivity contribution in [1.82, 2.24) is 14.8 Å². The Morgan fingerprint density at radius 1 is 1.42 bits per heavy atom. The summed E-state index contributed by atoms with van der Waals surface area (Å²) >= 11 is 0. The predicted molar refractivity (Wildman–Crippen MR) is 71.8 cm³/mol. The number of aromatic nitrogens is 3. The average Bonchev–Trinajstić information content (AvgIpc) is 3.04. The molecule has 1 fully saturated rings. The second kappa shape index (κ2) is 6.17. The predicted octanol–water partition coefficient (Wildman–Crippen LogP) is 2.44. The molecule has 0 aromatic carbocycles. The summed E-state index contributed by atoms with van der Waals surface area (Å²) in [5.74, 6) is 1.60. The molecule has 1 saturated carbocycles. The Morgan fingerprint density at radius 2 is 2.11 bits per heavy atom. The van der Waals surface area contributed by atoms with Gasteiger partial charge in [-0.1, -0.05) is 19.8 Å². The minimum Gasteiger partial charge on any atom is -0.468 e. The van der Waals surface area contributed by atoms with Gasteiger partial charge in [-0.15, -0.1) is 10.2 Å². The van der Waals surface area contributed by atoms with Gasteiger partial charge in [-0.25, -0.2) is 0 Å². The van der Waals surface area contributed by atoms with E-state index in [2.05, 4.69) is 21.7 Å². The molecule has 1 aliphatic carbocycles. The van der Waals surface area contributed by atoms with Crippen molar-refractivity contribution in [3.8, 4) is 0 Å². The molecule has 0 radical (unpaired) electrons. The molecule has 5 nitrogen and oxygen atoms in total. The normalized spacial score (nSPS) is 17.6. The zero-order valence-corrected chi connectivity index (χ0v) is 12.1. The SMILES string of the molecule is CCCn1c(C)nnc1C(C(=O)OC)C1CCCC1. The van der Waals surface area contributed by atoms with E-state index in [9.17, 15) is 4.79 Å². The van der Waals surface area contributed by atoms with Crippen LogP contribution < -0.4 is 0 Å². The highest BCUT2D eigenvalue weighted by molar-refractivity contribution is 5.77. The van der Waals surface area contributed by atoms with Crippen molar-refractivity contribution in [2.24, 2.45) is 5.92 Å². The first-order valence-electron chi connectivity index (χ1n) is 7.16. The number of hydrogen-bond acceptors (Lipinski definition) is 4. The molecule has 1 heterocycles. The maximum absolute atomic E-state index is 12.2. The van der Waals surface area contributed by atoms with Gasteiger partial charge < -0.3 is 9.30 Å². The second-order valence-electron chi connectivity index (χ2n) is 5.30. The lowest BCUT2D eigenvalue weighted by atomic mass is 9.90. The van der Waals surface area contributed by atoms with E-state index in [4.69, 9.17) is 4.74 Å². The third-order valence-electron chi connectivity index (χ3n) is 4.02. The summed E-state index contributed by atoms with van der Waals surface area (Å²) in [4.78, 5) is 12.2. The van der Waals surface area contributed by atoms with Crippen molar-refractivity contribution in [3.05, 3.63) is 11.6 Å². The van der Waals surface area contributed by atoms with Gasteiger partial charge in [-0.05, 0) is 32.1 Å². The molecule has 19 heavy (non-hydrogen) atoms. The molecule has 0 N–H and O–H groups in total. The summed E-state index contributed by atoms with van der Waals surface area (Å²) in [7, 11) is 1.46. The van der Waals surface area contributed by atoms with Gasteiger partial charge in [0.15, 0.2) is 0 Å². The van der Waals surface area contributed by atoms with Crippen LogP contribution >= 0.6 is 0 Å².